The van der Waals surface area contributed by atoms with Crippen molar-refractivity contribution in [2.75, 3.05) is 5.01 Å². The molecule has 7 heteroatoms. The molecule has 2 aromatic rings. The number of hydrogen-bond acceptors (Lipinski definition) is 4. The van der Waals surface area contributed by atoms with Gasteiger partial charge in [0.05, 0.1) is 21.7 Å². The highest BCUT2D eigenvalue weighted by Crippen LogP contribution is 2.39. The van der Waals surface area contributed by atoms with Gasteiger partial charge < -0.3 is 0 Å². The highest BCUT2D eigenvalue weighted by Gasteiger charge is 2.48. The molecular weight excluding hydrogens is 366 g/mol. The molecule has 1 aliphatic rings. The number of nitro benzene ring substituents is 1. The Balaban J connectivity index is 1.96. The number of halogens is 1. The fourth-order valence-electron chi connectivity index (χ4n) is 3.23. The van der Waals surface area contributed by atoms with E-state index < -0.39 is 10.3 Å². The molecule has 1 aliphatic heterocycles. The van der Waals surface area contributed by atoms with Gasteiger partial charge >= 0.3 is 0 Å². The Morgan fingerprint density at radius 3 is 2.44 bits per heavy atom. The van der Waals surface area contributed by atoms with Crippen molar-refractivity contribution >= 4 is 34.6 Å². The van der Waals surface area contributed by atoms with Gasteiger partial charge in [-0.1, -0.05) is 48.0 Å². The van der Waals surface area contributed by atoms with Crippen LogP contribution in [-0.2, 0) is 11.2 Å². The summed E-state index contributed by atoms with van der Waals surface area (Å²) in [6.07, 6.45) is 2.51. The predicted molar refractivity (Wildman–Crippen MR) is 106 cm³/mol. The second-order valence-corrected chi connectivity index (χ2v) is 6.64. The van der Waals surface area contributed by atoms with Crippen molar-refractivity contribution in [2.24, 2.45) is 10.5 Å². The van der Waals surface area contributed by atoms with Gasteiger partial charge in [-0.05, 0) is 37.5 Å². The number of carbonyl (C=O) groups excluding carboxylic acids is 1. The fourth-order valence-corrected chi connectivity index (χ4v) is 3.32. The van der Waals surface area contributed by atoms with Crippen LogP contribution >= 0.6 is 11.6 Å². The SMILES string of the molecule is CC1=NN(c2ccccc2)C(=O)[C@@]1(C/C=C/Cl)Cc1ccc([N+](=O)[O-])cc1. The largest absolute Gasteiger partial charge is 0.271 e. The molecule has 1 atom stereocenters. The number of anilines is 1. The zero-order valence-corrected chi connectivity index (χ0v) is 15.5. The lowest BCUT2D eigenvalue weighted by molar-refractivity contribution is -0.384. The normalized spacial score (nSPS) is 19.6. The standard InChI is InChI=1S/C20H18ClN3O3/c1-15-20(12-5-13-21,14-16-8-10-18(11-9-16)24(26)27)19(25)23(22-15)17-6-3-2-4-7-17/h2-11,13H,12,14H2,1H3/b13-5+/t20-/m0/s1. The average molecular weight is 384 g/mol. The lowest BCUT2D eigenvalue weighted by Crippen LogP contribution is -2.40. The molecule has 0 bridgehead atoms. The smallest absolute Gasteiger partial charge is 0.269 e. The van der Waals surface area contributed by atoms with Crippen molar-refractivity contribution in [3.63, 3.8) is 0 Å². The van der Waals surface area contributed by atoms with Gasteiger partial charge in [0.25, 0.3) is 11.6 Å². The monoisotopic (exact) mass is 383 g/mol. The summed E-state index contributed by atoms with van der Waals surface area (Å²) in [5.74, 6) is -0.140. The van der Waals surface area contributed by atoms with Gasteiger partial charge in [-0.2, -0.15) is 10.1 Å². The third kappa shape index (κ3) is 3.61. The Bertz CT molecular complexity index is 910. The number of hydrazone groups is 1. The van der Waals surface area contributed by atoms with E-state index in [4.69, 9.17) is 11.6 Å². The molecular formula is C20H18ClN3O3. The summed E-state index contributed by atoms with van der Waals surface area (Å²) < 4.78 is 0. The van der Waals surface area contributed by atoms with E-state index >= 15 is 0 Å². The van der Waals surface area contributed by atoms with Crippen molar-refractivity contribution in [3.8, 4) is 0 Å². The molecule has 0 spiro atoms. The molecule has 3 rings (SSSR count). The van der Waals surface area contributed by atoms with Crippen LogP contribution in [0.5, 0.6) is 0 Å². The molecule has 0 aliphatic carbocycles. The number of non-ortho nitro benzene ring substituents is 1. The lowest BCUT2D eigenvalue weighted by atomic mass is 9.75. The van der Waals surface area contributed by atoms with Crippen LogP contribution in [0.15, 0.2) is 71.3 Å². The van der Waals surface area contributed by atoms with E-state index in [1.54, 1.807) is 18.2 Å². The summed E-state index contributed by atoms with van der Waals surface area (Å²) in [5.41, 5.74) is 2.73. The Morgan fingerprint density at radius 1 is 1.19 bits per heavy atom. The number of benzene rings is 2. The Morgan fingerprint density at radius 2 is 1.85 bits per heavy atom. The number of para-hydroxylation sites is 1. The number of nitrogens with zero attached hydrogens (tertiary/aromatic N) is 3. The summed E-state index contributed by atoms with van der Waals surface area (Å²) in [4.78, 5) is 23.8. The second-order valence-electron chi connectivity index (χ2n) is 6.39. The van der Waals surface area contributed by atoms with Crippen LogP contribution in [0.2, 0.25) is 0 Å². The number of carbonyl (C=O) groups is 1. The van der Waals surface area contributed by atoms with Crippen molar-refractivity contribution in [2.45, 2.75) is 19.8 Å². The molecule has 138 valence electrons. The van der Waals surface area contributed by atoms with Crippen LogP contribution in [-0.4, -0.2) is 16.5 Å². The minimum Gasteiger partial charge on any atom is -0.271 e. The molecule has 0 saturated heterocycles. The van der Waals surface area contributed by atoms with Crippen LogP contribution in [0.4, 0.5) is 11.4 Å². The number of amides is 1. The third-order valence-corrected chi connectivity index (χ3v) is 4.93. The molecule has 27 heavy (non-hydrogen) atoms. The van der Waals surface area contributed by atoms with E-state index in [-0.39, 0.29) is 11.6 Å². The topological polar surface area (TPSA) is 75.8 Å². The van der Waals surface area contributed by atoms with Gasteiger partial charge in [0.1, 0.15) is 0 Å². The number of nitro groups is 1. The maximum absolute atomic E-state index is 13.3. The molecule has 0 radical (unpaired) electrons. The van der Waals surface area contributed by atoms with Gasteiger partial charge in [0.15, 0.2) is 0 Å². The van der Waals surface area contributed by atoms with E-state index in [0.717, 1.165) is 5.56 Å². The third-order valence-electron chi connectivity index (χ3n) is 4.75. The molecule has 0 fully saturated rings. The molecule has 1 heterocycles. The summed E-state index contributed by atoms with van der Waals surface area (Å²) in [6, 6.07) is 15.5. The first-order valence-corrected chi connectivity index (χ1v) is 8.85. The molecule has 6 nitrogen and oxygen atoms in total. The minimum atomic E-state index is -0.878. The van der Waals surface area contributed by atoms with Gasteiger partial charge in [-0.25, -0.2) is 0 Å². The summed E-state index contributed by atoms with van der Waals surface area (Å²) in [5, 5.41) is 16.8. The van der Waals surface area contributed by atoms with Gasteiger partial charge in [-0.3, -0.25) is 14.9 Å². The molecule has 1 amide bonds. The quantitative estimate of drug-likeness (QED) is 0.536. The molecule has 0 N–H and O–H groups in total. The molecule has 0 saturated carbocycles. The second kappa shape index (κ2) is 7.72. The van der Waals surface area contributed by atoms with Crippen LogP contribution < -0.4 is 5.01 Å². The first-order valence-electron chi connectivity index (χ1n) is 8.42. The number of allylic oxidation sites excluding steroid dienone is 1. The van der Waals surface area contributed by atoms with E-state index in [1.165, 1.54) is 22.7 Å². The maximum atomic E-state index is 13.3. The van der Waals surface area contributed by atoms with Crippen molar-refractivity contribution < 1.29 is 9.72 Å². The average Bonchev–Trinajstić information content (AvgIpc) is 2.92. The lowest BCUT2D eigenvalue weighted by Gasteiger charge is -2.27. The summed E-state index contributed by atoms with van der Waals surface area (Å²) >= 11 is 5.73. The highest BCUT2D eigenvalue weighted by molar-refractivity contribution is 6.25. The minimum absolute atomic E-state index is 0.0162. The Kier molecular flexibility index (Phi) is 5.37. The van der Waals surface area contributed by atoms with Crippen molar-refractivity contribution in [3.05, 3.63) is 81.9 Å². The van der Waals surface area contributed by atoms with Crippen LogP contribution in [0.25, 0.3) is 0 Å². The zero-order valence-electron chi connectivity index (χ0n) is 14.7. The number of rotatable bonds is 6. The molecule has 0 unspecified atom stereocenters. The van der Waals surface area contributed by atoms with Crippen LogP contribution in [0.1, 0.15) is 18.9 Å². The van der Waals surface area contributed by atoms with Gasteiger partial charge in [0, 0.05) is 17.7 Å². The van der Waals surface area contributed by atoms with E-state index in [1.807, 2.05) is 37.3 Å². The highest BCUT2D eigenvalue weighted by atomic mass is 35.5. The summed E-state index contributed by atoms with van der Waals surface area (Å²) in [6.45, 7) is 1.83. The number of hydrogen-bond donors (Lipinski definition) is 0. The van der Waals surface area contributed by atoms with E-state index in [9.17, 15) is 14.9 Å². The van der Waals surface area contributed by atoms with Gasteiger partial charge in [0.2, 0.25) is 0 Å². The fraction of sp³-hybridized carbons (Fsp3) is 0.200. The Labute approximate surface area is 161 Å². The molecule has 2 aromatic carbocycles. The first kappa shape index (κ1) is 18.8. The zero-order chi connectivity index (χ0) is 19.4. The van der Waals surface area contributed by atoms with Crippen LogP contribution in [0, 0.1) is 15.5 Å². The van der Waals surface area contributed by atoms with Crippen LogP contribution in [0.3, 0.4) is 0 Å². The van der Waals surface area contributed by atoms with E-state index in [0.29, 0.717) is 24.2 Å². The molecule has 0 aromatic heterocycles. The predicted octanol–water partition coefficient (Wildman–Crippen LogP) is 4.69. The first-order chi connectivity index (χ1) is 13.0. The summed E-state index contributed by atoms with van der Waals surface area (Å²) in [7, 11) is 0. The van der Waals surface area contributed by atoms with Crippen molar-refractivity contribution in [1.82, 2.24) is 0 Å². The van der Waals surface area contributed by atoms with E-state index in [2.05, 4.69) is 5.10 Å². The Hall–Kier alpha value is -2.99. The van der Waals surface area contributed by atoms with Gasteiger partial charge in [-0.15, -0.1) is 0 Å². The van der Waals surface area contributed by atoms with Crippen molar-refractivity contribution in [1.29, 1.82) is 0 Å². The maximum Gasteiger partial charge on any atom is 0.269 e.